The van der Waals surface area contributed by atoms with E-state index in [4.69, 9.17) is 9.72 Å². The summed E-state index contributed by atoms with van der Waals surface area (Å²) in [5.41, 5.74) is 1.98. The van der Waals surface area contributed by atoms with Crippen LogP contribution in [0.1, 0.15) is 29.3 Å². The third-order valence-corrected chi connectivity index (χ3v) is 6.63. The van der Waals surface area contributed by atoms with Gasteiger partial charge in [-0.15, -0.1) is 11.3 Å². The van der Waals surface area contributed by atoms with Gasteiger partial charge in [0, 0.05) is 25.4 Å². The van der Waals surface area contributed by atoms with E-state index in [0.29, 0.717) is 19.5 Å². The minimum atomic E-state index is -0.715. The molecule has 2 heterocycles. The summed E-state index contributed by atoms with van der Waals surface area (Å²) in [4.78, 5) is 31.8. The van der Waals surface area contributed by atoms with Crippen molar-refractivity contribution in [3.8, 4) is 0 Å². The summed E-state index contributed by atoms with van der Waals surface area (Å²) in [5, 5.41) is 3.95. The lowest BCUT2D eigenvalue weighted by atomic mass is 9.99. The van der Waals surface area contributed by atoms with Crippen LogP contribution in [0.3, 0.4) is 0 Å². The lowest BCUT2D eigenvalue weighted by Crippen LogP contribution is -2.51. The Kier molecular flexibility index (Phi) is 6.28. The lowest BCUT2D eigenvalue weighted by Gasteiger charge is -2.32. The van der Waals surface area contributed by atoms with Gasteiger partial charge < -0.3 is 15.0 Å². The number of hydrogen-bond donors (Lipinski definition) is 1. The van der Waals surface area contributed by atoms with E-state index in [-0.39, 0.29) is 11.9 Å². The molecule has 0 spiro atoms. The lowest BCUT2D eigenvalue weighted by molar-refractivity contribution is -0.142. The van der Waals surface area contributed by atoms with Gasteiger partial charge in [0.05, 0.1) is 22.3 Å². The molecule has 0 unspecified atom stereocenters. The number of hydrogen-bond acceptors (Lipinski definition) is 5. The van der Waals surface area contributed by atoms with Crippen molar-refractivity contribution < 1.29 is 14.3 Å². The number of likely N-dealkylation sites (tertiary alicyclic amines) is 1. The second kappa shape index (κ2) is 9.26. The van der Waals surface area contributed by atoms with Crippen LogP contribution in [0.15, 0.2) is 54.6 Å². The molecule has 1 N–H and O–H groups in total. The SMILES string of the molecule is COC(=O)[C@H](Cc1ccccc1)NC(=O)N1CCC[C@H](c2nc3ccccc3s2)C1. The summed E-state index contributed by atoms with van der Waals surface area (Å²) in [5.74, 6) is -0.223. The van der Waals surface area contributed by atoms with Crippen molar-refractivity contribution in [1.29, 1.82) is 0 Å². The zero-order valence-electron chi connectivity index (χ0n) is 16.9. The van der Waals surface area contributed by atoms with Crippen LogP contribution in [-0.2, 0) is 16.0 Å². The molecule has 1 aliphatic rings. The van der Waals surface area contributed by atoms with Crippen molar-refractivity contribution in [1.82, 2.24) is 15.2 Å². The molecule has 2 aromatic carbocycles. The van der Waals surface area contributed by atoms with Crippen LogP contribution < -0.4 is 5.32 Å². The summed E-state index contributed by atoms with van der Waals surface area (Å²) in [6.07, 6.45) is 2.32. The molecule has 7 heteroatoms. The maximum absolute atomic E-state index is 13.0. The number of nitrogens with one attached hydrogen (secondary N) is 1. The Balaban J connectivity index is 1.44. The number of nitrogens with zero attached hydrogens (tertiary/aromatic N) is 2. The number of ether oxygens (including phenoxy) is 1. The average molecular weight is 424 g/mol. The second-order valence-electron chi connectivity index (χ2n) is 7.52. The number of piperidine rings is 1. The number of carbonyl (C=O) groups is 2. The van der Waals surface area contributed by atoms with Gasteiger partial charge in [-0.3, -0.25) is 0 Å². The largest absolute Gasteiger partial charge is 0.467 e. The molecule has 0 aliphatic carbocycles. The molecule has 6 nitrogen and oxygen atoms in total. The van der Waals surface area contributed by atoms with E-state index >= 15 is 0 Å². The van der Waals surface area contributed by atoms with Gasteiger partial charge in [-0.1, -0.05) is 42.5 Å². The maximum Gasteiger partial charge on any atom is 0.328 e. The third-order valence-electron chi connectivity index (χ3n) is 5.43. The highest BCUT2D eigenvalue weighted by molar-refractivity contribution is 7.18. The van der Waals surface area contributed by atoms with Gasteiger partial charge in [0.1, 0.15) is 6.04 Å². The average Bonchev–Trinajstić information content (AvgIpc) is 3.23. The van der Waals surface area contributed by atoms with Crippen molar-refractivity contribution in [3.63, 3.8) is 0 Å². The maximum atomic E-state index is 13.0. The number of para-hydroxylation sites is 1. The van der Waals surface area contributed by atoms with Crippen LogP contribution in [0.2, 0.25) is 0 Å². The zero-order chi connectivity index (χ0) is 20.9. The second-order valence-corrected chi connectivity index (χ2v) is 8.58. The fourth-order valence-corrected chi connectivity index (χ4v) is 4.95. The van der Waals surface area contributed by atoms with E-state index in [1.165, 1.54) is 11.8 Å². The molecule has 1 fully saturated rings. The minimum Gasteiger partial charge on any atom is -0.467 e. The Bertz CT molecular complexity index is 988. The molecule has 2 atom stereocenters. The number of esters is 1. The molecule has 1 saturated heterocycles. The van der Waals surface area contributed by atoms with E-state index in [0.717, 1.165) is 28.9 Å². The van der Waals surface area contributed by atoms with Crippen LogP contribution in [0.4, 0.5) is 4.79 Å². The van der Waals surface area contributed by atoms with E-state index in [1.54, 1.807) is 16.2 Å². The third kappa shape index (κ3) is 4.62. The van der Waals surface area contributed by atoms with Gasteiger partial charge in [0.15, 0.2) is 0 Å². The Morgan fingerprint density at radius 3 is 2.73 bits per heavy atom. The molecular formula is C23H25N3O3S. The van der Waals surface area contributed by atoms with Crippen LogP contribution in [-0.4, -0.2) is 48.1 Å². The predicted octanol–water partition coefficient (Wildman–Crippen LogP) is 3.97. The number of rotatable bonds is 5. The molecule has 0 bridgehead atoms. The summed E-state index contributed by atoms with van der Waals surface area (Å²) < 4.78 is 6.09. The quantitative estimate of drug-likeness (QED) is 0.631. The van der Waals surface area contributed by atoms with Crippen molar-refractivity contribution in [2.24, 2.45) is 0 Å². The summed E-state index contributed by atoms with van der Waals surface area (Å²) in [6, 6.07) is 16.8. The number of amides is 2. The van der Waals surface area contributed by atoms with Crippen LogP contribution in [0, 0.1) is 0 Å². The molecule has 0 saturated carbocycles. The smallest absolute Gasteiger partial charge is 0.328 e. The van der Waals surface area contributed by atoms with Gasteiger partial charge in [-0.05, 0) is 30.5 Å². The standard InChI is InChI=1S/C23H25N3O3S/c1-29-22(27)19(14-16-8-3-2-4-9-16)25-23(28)26-13-7-10-17(15-26)21-24-18-11-5-6-12-20(18)30-21/h2-6,8-9,11-12,17,19H,7,10,13-15H2,1H3,(H,25,28)/t17-,19-/m0/s1. The first-order valence-electron chi connectivity index (χ1n) is 10.2. The topological polar surface area (TPSA) is 71.5 Å². The molecule has 3 aromatic rings. The van der Waals surface area contributed by atoms with Gasteiger partial charge in [-0.2, -0.15) is 0 Å². The van der Waals surface area contributed by atoms with E-state index in [9.17, 15) is 9.59 Å². The normalized spacial score (nSPS) is 17.5. The first kappa shape index (κ1) is 20.3. The molecule has 2 amide bonds. The van der Waals surface area contributed by atoms with Crippen LogP contribution >= 0.6 is 11.3 Å². The van der Waals surface area contributed by atoms with Crippen LogP contribution in [0.25, 0.3) is 10.2 Å². The fraction of sp³-hybridized carbons (Fsp3) is 0.348. The zero-order valence-corrected chi connectivity index (χ0v) is 17.7. The Labute approximate surface area is 179 Å². The Morgan fingerprint density at radius 2 is 1.97 bits per heavy atom. The van der Waals surface area contributed by atoms with E-state index < -0.39 is 12.0 Å². The Morgan fingerprint density at radius 1 is 1.20 bits per heavy atom. The first-order chi connectivity index (χ1) is 14.6. The monoisotopic (exact) mass is 423 g/mol. The highest BCUT2D eigenvalue weighted by Gasteiger charge is 2.30. The molecule has 4 rings (SSSR count). The number of benzene rings is 2. The molecule has 0 radical (unpaired) electrons. The summed E-state index contributed by atoms with van der Waals surface area (Å²) >= 11 is 1.70. The first-order valence-corrected chi connectivity index (χ1v) is 11.0. The molecule has 1 aromatic heterocycles. The van der Waals surface area contributed by atoms with Gasteiger partial charge >= 0.3 is 12.0 Å². The number of aromatic nitrogens is 1. The van der Waals surface area contributed by atoms with E-state index in [2.05, 4.69) is 11.4 Å². The number of fused-ring (bicyclic) bond motifs is 1. The molecular weight excluding hydrogens is 398 g/mol. The van der Waals surface area contributed by atoms with Gasteiger partial charge in [0.25, 0.3) is 0 Å². The number of methoxy groups -OCH3 is 1. The number of thiazole rings is 1. The number of urea groups is 1. The van der Waals surface area contributed by atoms with Gasteiger partial charge in [-0.25, -0.2) is 14.6 Å². The number of carbonyl (C=O) groups excluding carboxylic acids is 2. The Hall–Kier alpha value is -2.93. The van der Waals surface area contributed by atoms with Crippen molar-refractivity contribution in [2.45, 2.75) is 31.2 Å². The van der Waals surface area contributed by atoms with Gasteiger partial charge in [0.2, 0.25) is 0 Å². The highest BCUT2D eigenvalue weighted by atomic mass is 32.1. The molecule has 156 valence electrons. The summed E-state index contributed by atoms with van der Waals surface area (Å²) in [7, 11) is 1.34. The van der Waals surface area contributed by atoms with Crippen molar-refractivity contribution in [3.05, 3.63) is 65.2 Å². The highest BCUT2D eigenvalue weighted by Crippen LogP contribution is 2.32. The molecule has 30 heavy (non-hydrogen) atoms. The summed E-state index contributed by atoms with van der Waals surface area (Å²) in [6.45, 7) is 1.28. The van der Waals surface area contributed by atoms with Crippen molar-refractivity contribution >= 4 is 33.6 Å². The van der Waals surface area contributed by atoms with Crippen LogP contribution in [0.5, 0.6) is 0 Å². The fourth-order valence-electron chi connectivity index (χ4n) is 3.85. The minimum absolute atomic E-state index is 0.215. The molecule has 1 aliphatic heterocycles. The predicted molar refractivity (Wildman–Crippen MR) is 118 cm³/mol. The van der Waals surface area contributed by atoms with Crippen molar-refractivity contribution in [2.75, 3.05) is 20.2 Å². The van der Waals surface area contributed by atoms with E-state index in [1.807, 2.05) is 48.5 Å².